The third-order valence-electron chi connectivity index (χ3n) is 11.7. The number of fused-ring (bicyclic) bond motifs is 2. The van der Waals surface area contributed by atoms with Crippen molar-refractivity contribution < 1.29 is 30.5 Å². The number of thiophene rings is 2. The van der Waals surface area contributed by atoms with Gasteiger partial charge in [0, 0.05) is 62.1 Å². The molecule has 328 valence electrons. The van der Waals surface area contributed by atoms with Gasteiger partial charge in [-0.15, -0.1) is 22.7 Å². The lowest BCUT2D eigenvalue weighted by Crippen LogP contribution is -2.34. The molecule has 0 fully saturated rings. The highest BCUT2D eigenvalue weighted by molar-refractivity contribution is 7.87. The molecule has 0 amide bonds. The summed E-state index contributed by atoms with van der Waals surface area (Å²) in [6.07, 6.45) is 0. The molecule has 0 saturated carbocycles. The first kappa shape index (κ1) is 44.4. The van der Waals surface area contributed by atoms with Crippen LogP contribution in [0, 0.1) is 47.5 Å². The Balaban J connectivity index is 1.21. The van der Waals surface area contributed by atoms with Gasteiger partial charge in [-0.1, -0.05) is 77.9 Å². The molecule has 9 nitrogen and oxygen atoms in total. The first-order valence-corrected chi connectivity index (χ1v) is 26.8. The molecule has 14 heteroatoms. The summed E-state index contributed by atoms with van der Waals surface area (Å²) in [7, 11) is -13.7. The maximum Gasteiger partial charge on any atom is 0.323 e. The van der Waals surface area contributed by atoms with Gasteiger partial charge in [0.2, 0.25) is 7.14 Å². The van der Waals surface area contributed by atoms with E-state index in [4.69, 9.17) is 0 Å². The van der Waals surface area contributed by atoms with Crippen LogP contribution in [0.5, 0.6) is 0 Å². The lowest BCUT2D eigenvalue weighted by Gasteiger charge is -2.25. The Morgan fingerprint density at radius 3 is 1.35 bits per heavy atom. The molecule has 0 saturated heterocycles. The zero-order valence-corrected chi connectivity index (χ0v) is 40.4. The molecule has 2 aromatic heterocycles. The quantitative estimate of drug-likeness (QED) is 0.0597. The average Bonchev–Trinajstić information content (AvgIpc) is 3.91. The largest absolute Gasteiger partial charge is 0.355 e. The molecule has 8 aromatic rings. The van der Waals surface area contributed by atoms with E-state index in [1.807, 2.05) is 91.0 Å². The Kier molecular flexibility index (Phi) is 11.3. The molecule has 1 aliphatic heterocycles. The summed E-state index contributed by atoms with van der Waals surface area (Å²) in [6, 6.07) is 40.5. The number of rotatable bonds is 10. The van der Waals surface area contributed by atoms with Crippen LogP contribution in [0.1, 0.15) is 48.7 Å². The van der Waals surface area contributed by atoms with Gasteiger partial charge in [-0.2, -0.15) is 16.8 Å². The van der Waals surface area contributed by atoms with Gasteiger partial charge in [0.1, 0.15) is 20.2 Å². The van der Waals surface area contributed by atoms with E-state index in [1.165, 1.54) is 39.9 Å². The lowest BCUT2D eigenvalue weighted by molar-refractivity contribution is 0.480. The molecule has 6 aromatic carbocycles. The van der Waals surface area contributed by atoms with E-state index < -0.39 is 37.2 Å². The SMILES string of the molecule is Cc1cc(C)c(Nc2ccc(-c3cc4c(s3)[C+](c3ccc(S(=O)(=O)O)cc3S(=O)(=O)O)c3sc(-c5ccc(Nc6c(C)cc(C)cc6C)cc5)cc3P4(=O)c3ccccc3)cc2)c(C)c1. The van der Waals surface area contributed by atoms with Crippen molar-refractivity contribution in [2.45, 2.75) is 51.3 Å². The molecule has 0 unspecified atom stereocenters. The van der Waals surface area contributed by atoms with Gasteiger partial charge in [-0.05, 0) is 117 Å². The van der Waals surface area contributed by atoms with Crippen molar-refractivity contribution >= 4 is 88.7 Å². The van der Waals surface area contributed by atoms with Gasteiger partial charge in [-0.25, -0.2) is 0 Å². The fourth-order valence-electron chi connectivity index (χ4n) is 8.83. The second kappa shape index (κ2) is 16.6. The van der Waals surface area contributed by atoms with Crippen molar-refractivity contribution in [3.05, 3.63) is 188 Å². The molecule has 1 aliphatic rings. The van der Waals surface area contributed by atoms with Crippen LogP contribution in [0.15, 0.2) is 143 Å². The van der Waals surface area contributed by atoms with Crippen molar-refractivity contribution in [1.29, 1.82) is 0 Å². The minimum absolute atomic E-state index is 0.00437. The summed E-state index contributed by atoms with van der Waals surface area (Å²) in [4.78, 5) is 1.13. The van der Waals surface area contributed by atoms with Crippen LogP contribution in [0.3, 0.4) is 0 Å². The average molecular weight is 956 g/mol. The number of nitrogens with one attached hydrogen (secondary N) is 2. The van der Waals surface area contributed by atoms with Crippen molar-refractivity contribution in [1.82, 2.24) is 0 Å². The molecule has 3 heterocycles. The second-order valence-corrected chi connectivity index (χ2v) is 24.1. The highest BCUT2D eigenvalue weighted by Gasteiger charge is 2.52. The van der Waals surface area contributed by atoms with Crippen molar-refractivity contribution in [3.8, 4) is 20.9 Å². The lowest BCUT2D eigenvalue weighted by atomic mass is 9.95. The van der Waals surface area contributed by atoms with Crippen LogP contribution >= 0.6 is 29.8 Å². The van der Waals surface area contributed by atoms with Crippen molar-refractivity contribution in [2.75, 3.05) is 10.6 Å². The molecule has 0 aliphatic carbocycles. The first-order chi connectivity index (χ1) is 30.8. The van der Waals surface area contributed by atoms with E-state index in [0.29, 0.717) is 31.6 Å². The van der Waals surface area contributed by atoms with Gasteiger partial charge in [0.15, 0.2) is 4.90 Å². The van der Waals surface area contributed by atoms with Crippen molar-refractivity contribution in [2.24, 2.45) is 0 Å². The highest BCUT2D eigenvalue weighted by atomic mass is 32.2. The number of hydrogen-bond donors (Lipinski definition) is 4. The van der Waals surface area contributed by atoms with Crippen LogP contribution in [-0.2, 0) is 24.8 Å². The normalized spacial score (nSPS) is 13.3. The predicted octanol–water partition coefficient (Wildman–Crippen LogP) is 11.9. The third-order valence-corrected chi connectivity index (χ3v) is 19.2. The van der Waals surface area contributed by atoms with Crippen LogP contribution in [0.25, 0.3) is 20.9 Å². The third kappa shape index (κ3) is 8.27. The van der Waals surface area contributed by atoms with E-state index in [2.05, 4.69) is 76.4 Å². The molecule has 0 atom stereocenters. The topological polar surface area (TPSA) is 150 Å². The minimum atomic E-state index is -5.09. The molecule has 0 spiro atoms. The monoisotopic (exact) mass is 955 g/mol. The van der Waals surface area contributed by atoms with E-state index in [9.17, 15) is 25.9 Å². The van der Waals surface area contributed by atoms with Crippen LogP contribution in [0.2, 0.25) is 0 Å². The molecule has 4 N–H and O–H groups in total. The van der Waals surface area contributed by atoms with Crippen LogP contribution < -0.4 is 26.5 Å². The van der Waals surface area contributed by atoms with E-state index >= 15 is 4.57 Å². The summed E-state index contributed by atoms with van der Waals surface area (Å²) in [5.74, 6) is 0.367. The number of benzene rings is 6. The Labute approximate surface area is 387 Å². The Bertz CT molecular complexity index is 3270. The highest BCUT2D eigenvalue weighted by Crippen LogP contribution is 2.58. The number of anilines is 4. The van der Waals surface area contributed by atoms with Gasteiger partial charge >= 0.3 is 10.1 Å². The molecular weight excluding hydrogens is 912 g/mol. The smallest absolute Gasteiger partial charge is 0.323 e. The van der Waals surface area contributed by atoms with E-state index in [-0.39, 0.29) is 5.56 Å². The summed E-state index contributed by atoms with van der Waals surface area (Å²) < 4.78 is 88.3. The maximum atomic E-state index is 16.4. The Morgan fingerprint density at radius 2 is 0.954 bits per heavy atom. The zero-order valence-electron chi connectivity index (χ0n) is 36.2. The van der Waals surface area contributed by atoms with E-state index in [0.717, 1.165) is 78.0 Å². The summed E-state index contributed by atoms with van der Waals surface area (Å²) >= 11 is 2.67. The molecule has 0 radical (unpaired) electrons. The first-order valence-electron chi connectivity index (χ1n) is 20.6. The van der Waals surface area contributed by atoms with Gasteiger partial charge in [0.05, 0.1) is 16.5 Å². The Hall–Kier alpha value is -5.76. The van der Waals surface area contributed by atoms with Gasteiger partial charge in [0.25, 0.3) is 10.1 Å². The maximum absolute atomic E-state index is 16.4. The summed E-state index contributed by atoms with van der Waals surface area (Å²) in [5, 5.41) is 8.64. The van der Waals surface area contributed by atoms with Gasteiger partial charge < -0.3 is 10.6 Å². The standard InChI is InChI=1S/C51H43N2O7PS4/c1-29-22-31(3)48(32(4)23-29)52-37-16-12-35(13-17-37)44-27-42-50(62-44)47(41-21-20-40(64(55,56)57)26-46(41)65(58,59)60)51-43(61(42,54)39-10-8-7-9-11-39)28-45(63-51)36-14-18-38(19-15-36)53-49-33(5)24-30(2)25-34(49)6/h7-28,52-53H,1-6H3,(H-,55,56,57,58,59,60)/p+1. The molecular formula is C51H44N2O7PS4+. The fraction of sp³-hybridized carbons (Fsp3) is 0.118. The van der Waals surface area contributed by atoms with E-state index in [1.54, 1.807) is 0 Å². The second-order valence-electron chi connectivity index (χ2n) is 16.5. The molecule has 0 bridgehead atoms. The zero-order chi connectivity index (χ0) is 46.2. The van der Waals surface area contributed by atoms with Crippen LogP contribution in [-0.4, -0.2) is 25.9 Å². The number of aryl methyl sites for hydroxylation is 6. The number of hydrogen-bond acceptors (Lipinski definition) is 9. The van der Waals surface area contributed by atoms with Crippen LogP contribution in [0.4, 0.5) is 22.7 Å². The fourth-order valence-corrected chi connectivity index (χ4v) is 16.5. The predicted molar refractivity (Wildman–Crippen MR) is 267 cm³/mol. The minimum Gasteiger partial charge on any atom is -0.355 e. The molecule has 9 rings (SSSR count). The summed E-state index contributed by atoms with van der Waals surface area (Å²) in [5.41, 5.74) is 12.3. The van der Waals surface area contributed by atoms with Crippen molar-refractivity contribution in [3.63, 3.8) is 0 Å². The Morgan fingerprint density at radius 1 is 0.523 bits per heavy atom. The van der Waals surface area contributed by atoms with Gasteiger partial charge in [-0.3, -0.25) is 13.7 Å². The summed E-state index contributed by atoms with van der Waals surface area (Å²) in [6.45, 7) is 12.4. The molecule has 65 heavy (non-hydrogen) atoms.